The van der Waals surface area contributed by atoms with Crippen molar-refractivity contribution in [1.29, 1.82) is 0 Å². The summed E-state index contributed by atoms with van der Waals surface area (Å²) in [7, 11) is 0. The maximum Gasteiger partial charge on any atom is 0.271 e. The van der Waals surface area contributed by atoms with E-state index in [0.29, 0.717) is 21.9 Å². The number of hydrogen-bond acceptors (Lipinski definition) is 3. The zero-order chi connectivity index (χ0) is 15.4. The normalized spacial score (nSPS) is 11.3. The zero-order valence-electron chi connectivity index (χ0n) is 11.7. The fourth-order valence-electron chi connectivity index (χ4n) is 1.83. The molecule has 108 valence electrons. The predicted molar refractivity (Wildman–Crippen MR) is 84.0 cm³/mol. The van der Waals surface area contributed by atoms with Gasteiger partial charge in [0.25, 0.3) is 5.91 Å². The van der Waals surface area contributed by atoms with E-state index in [9.17, 15) is 9.90 Å². The van der Waals surface area contributed by atoms with Gasteiger partial charge < -0.3 is 5.11 Å². The molecule has 1 amide bonds. The largest absolute Gasteiger partial charge is 0.507 e. The third-order valence-electron chi connectivity index (χ3n) is 2.95. The van der Waals surface area contributed by atoms with E-state index >= 15 is 0 Å². The Morgan fingerprint density at radius 1 is 1.24 bits per heavy atom. The number of aromatic hydroxyl groups is 1. The second-order valence-corrected chi connectivity index (χ2v) is 5.11. The van der Waals surface area contributed by atoms with Gasteiger partial charge in [-0.15, -0.1) is 0 Å². The first kappa shape index (κ1) is 15.1. The molecule has 0 saturated heterocycles. The van der Waals surface area contributed by atoms with Crippen LogP contribution in [0.5, 0.6) is 5.75 Å². The molecule has 0 aliphatic carbocycles. The van der Waals surface area contributed by atoms with Crippen LogP contribution in [0.25, 0.3) is 0 Å². The predicted octanol–water partition coefficient (Wildman–Crippen LogP) is 3.51. The third-order valence-corrected chi connectivity index (χ3v) is 3.19. The molecule has 0 fully saturated rings. The fraction of sp³-hybridized carbons (Fsp3) is 0.125. The number of aryl methyl sites for hydroxylation is 1. The molecule has 2 aromatic rings. The molecule has 5 heteroatoms. The van der Waals surface area contributed by atoms with E-state index in [-0.39, 0.29) is 11.7 Å². The Bertz CT molecular complexity index is 711. The van der Waals surface area contributed by atoms with Crippen LogP contribution < -0.4 is 5.43 Å². The van der Waals surface area contributed by atoms with Crippen molar-refractivity contribution in [2.45, 2.75) is 13.8 Å². The van der Waals surface area contributed by atoms with Crippen LogP contribution in [0.2, 0.25) is 5.02 Å². The third kappa shape index (κ3) is 3.83. The number of hydrazone groups is 1. The molecule has 2 rings (SSSR count). The number of nitrogens with zero attached hydrogens (tertiary/aromatic N) is 1. The highest BCUT2D eigenvalue weighted by molar-refractivity contribution is 6.30. The Morgan fingerprint density at radius 3 is 2.71 bits per heavy atom. The Balaban J connectivity index is 2.17. The molecule has 21 heavy (non-hydrogen) atoms. The zero-order valence-corrected chi connectivity index (χ0v) is 12.5. The molecule has 0 unspecified atom stereocenters. The summed E-state index contributed by atoms with van der Waals surface area (Å²) in [5.41, 5.74) is 4.98. The van der Waals surface area contributed by atoms with Gasteiger partial charge in [0.05, 0.1) is 5.71 Å². The van der Waals surface area contributed by atoms with Crippen molar-refractivity contribution >= 4 is 23.2 Å². The maximum atomic E-state index is 11.9. The highest BCUT2D eigenvalue weighted by Crippen LogP contribution is 2.19. The van der Waals surface area contributed by atoms with E-state index in [0.717, 1.165) is 5.56 Å². The highest BCUT2D eigenvalue weighted by Gasteiger charge is 2.07. The first-order chi connectivity index (χ1) is 9.97. The van der Waals surface area contributed by atoms with Gasteiger partial charge in [-0.25, -0.2) is 5.43 Å². The Hall–Kier alpha value is -2.33. The Labute approximate surface area is 128 Å². The average Bonchev–Trinajstić information content (AvgIpc) is 2.47. The van der Waals surface area contributed by atoms with Gasteiger partial charge in [0.1, 0.15) is 5.75 Å². The van der Waals surface area contributed by atoms with Crippen molar-refractivity contribution in [2.75, 3.05) is 0 Å². The van der Waals surface area contributed by atoms with Crippen LogP contribution >= 0.6 is 11.6 Å². The van der Waals surface area contributed by atoms with Crippen LogP contribution in [-0.2, 0) is 0 Å². The molecule has 0 bridgehead atoms. The summed E-state index contributed by atoms with van der Waals surface area (Å²) in [5.74, 6) is -0.233. The number of rotatable bonds is 3. The molecule has 0 radical (unpaired) electrons. The first-order valence-corrected chi connectivity index (χ1v) is 6.75. The first-order valence-electron chi connectivity index (χ1n) is 6.37. The molecular weight excluding hydrogens is 288 g/mol. The number of benzene rings is 2. The minimum absolute atomic E-state index is 0.124. The second-order valence-electron chi connectivity index (χ2n) is 4.67. The number of nitrogens with one attached hydrogen (secondary N) is 1. The van der Waals surface area contributed by atoms with Gasteiger partial charge in [0, 0.05) is 16.1 Å². The molecule has 0 saturated carbocycles. The van der Waals surface area contributed by atoms with Crippen molar-refractivity contribution < 1.29 is 9.90 Å². The average molecular weight is 303 g/mol. The van der Waals surface area contributed by atoms with Crippen LogP contribution in [-0.4, -0.2) is 16.7 Å². The van der Waals surface area contributed by atoms with Crippen LogP contribution in [0.15, 0.2) is 47.6 Å². The molecule has 2 aromatic carbocycles. The molecule has 0 spiro atoms. The maximum absolute atomic E-state index is 11.9. The summed E-state index contributed by atoms with van der Waals surface area (Å²) in [6.07, 6.45) is 0. The Morgan fingerprint density at radius 2 is 2.00 bits per heavy atom. The summed E-state index contributed by atoms with van der Waals surface area (Å²) in [4.78, 5) is 11.9. The molecule has 0 heterocycles. The van der Waals surface area contributed by atoms with Crippen molar-refractivity contribution in [3.63, 3.8) is 0 Å². The van der Waals surface area contributed by atoms with Crippen molar-refractivity contribution in [2.24, 2.45) is 5.10 Å². The van der Waals surface area contributed by atoms with Crippen molar-refractivity contribution in [1.82, 2.24) is 5.43 Å². The summed E-state index contributed by atoms with van der Waals surface area (Å²) in [5, 5.41) is 14.3. The Kier molecular flexibility index (Phi) is 4.60. The van der Waals surface area contributed by atoms with Crippen LogP contribution in [0.1, 0.15) is 28.4 Å². The lowest BCUT2D eigenvalue weighted by atomic mass is 10.1. The van der Waals surface area contributed by atoms with Gasteiger partial charge in [-0.05, 0) is 44.2 Å². The smallest absolute Gasteiger partial charge is 0.271 e. The number of phenolic OH excluding ortho intramolecular Hbond substituents is 1. The van der Waals surface area contributed by atoms with E-state index in [1.165, 1.54) is 0 Å². The van der Waals surface area contributed by atoms with E-state index in [1.807, 2.05) is 6.92 Å². The van der Waals surface area contributed by atoms with Crippen LogP contribution in [0.4, 0.5) is 0 Å². The molecular formula is C16H15ClN2O2. The molecule has 0 aliphatic heterocycles. The lowest BCUT2D eigenvalue weighted by molar-refractivity contribution is 0.0955. The number of hydrogen-bond donors (Lipinski definition) is 2. The standard InChI is InChI=1S/C16H15ClN2O2/c1-10-6-7-15(20)14(8-10)11(2)18-19-16(21)12-4-3-5-13(17)9-12/h3-9,20H,1-2H3,(H,19,21). The second kappa shape index (κ2) is 6.41. The molecule has 4 nitrogen and oxygen atoms in total. The van der Waals surface area contributed by atoms with Gasteiger partial charge >= 0.3 is 0 Å². The molecule has 2 N–H and O–H groups in total. The van der Waals surface area contributed by atoms with Crippen LogP contribution in [0.3, 0.4) is 0 Å². The summed E-state index contributed by atoms with van der Waals surface area (Å²) in [6, 6.07) is 11.8. The number of carbonyl (C=O) groups is 1. The van der Waals surface area contributed by atoms with E-state index in [4.69, 9.17) is 11.6 Å². The number of amides is 1. The monoisotopic (exact) mass is 302 g/mol. The SMILES string of the molecule is CC(=NNC(=O)c1cccc(Cl)c1)c1cc(C)ccc1O. The number of carbonyl (C=O) groups excluding carboxylic acids is 1. The van der Waals surface area contributed by atoms with Gasteiger partial charge in [-0.2, -0.15) is 5.10 Å². The minimum Gasteiger partial charge on any atom is -0.507 e. The molecule has 0 atom stereocenters. The topological polar surface area (TPSA) is 61.7 Å². The van der Waals surface area contributed by atoms with E-state index in [2.05, 4.69) is 10.5 Å². The van der Waals surface area contributed by atoms with Gasteiger partial charge in [0.2, 0.25) is 0 Å². The van der Waals surface area contributed by atoms with Crippen molar-refractivity contribution in [3.05, 3.63) is 64.2 Å². The summed E-state index contributed by atoms with van der Waals surface area (Å²) < 4.78 is 0. The lowest BCUT2D eigenvalue weighted by Gasteiger charge is -2.06. The minimum atomic E-state index is -0.357. The molecule has 0 aliphatic rings. The summed E-state index contributed by atoms with van der Waals surface area (Å²) in [6.45, 7) is 3.63. The quantitative estimate of drug-likeness (QED) is 0.673. The summed E-state index contributed by atoms with van der Waals surface area (Å²) >= 11 is 5.84. The lowest BCUT2D eigenvalue weighted by Crippen LogP contribution is -2.19. The molecule has 0 aromatic heterocycles. The highest BCUT2D eigenvalue weighted by atomic mass is 35.5. The van der Waals surface area contributed by atoms with E-state index in [1.54, 1.807) is 49.4 Å². The van der Waals surface area contributed by atoms with Crippen molar-refractivity contribution in [3.8, 4) is 5.75 Å². The fourth-order valence-corrected chi connectivity index (χ4v) is 2.02. The van der Waals surface area contributed by atoms with Gasteiger partial charge in [-0.1, -0.05) is 29.3 Å². The van der Waals surface area contributed by atoms with E-state index < -0.39 is 0 Å². The number of halogens is 1. The van der Waals surface area contributed by atoms with Gasteiger partial charge in [0.15, 0.2) is 0 Å². The number of phenols is 1. The van der Waals surface area contributed by atoms with Crippen LogP contribution in [0, 0.1) is 6.92 Å². The van der Waals surface area contributed by atoms with Gasteiger partial charge in [-0.3, -0.25) is 4.79 Å².